The van der Waals surface area contributed by atoms with E-state index >= 15 is 0 Å². The van der Waals surface area contributed by atoms with E-state index in [1.807, 2.05) is 0 Å². The molecule has 1 saturated heterocycles. The van der Waals surface area contributed by atoms with E-state index in [1.54, 1.807) is 11.1 Å². The number of aliphatic hydroxyl groups is 1. The maximum absolute atomic E-state index is 10.3. The van der Waals surface area contributed by atoms with Crippen LogP contribution in [0.25, 0.3) is 0 Å². The minimum atomic E-state index is -0.102. The first-order valence-electron chi connectivity index (χ1n) is 11.6. The van der Waals surface area contributed by atoms with Crippen LogP contribution in [0.5, 0.6) is 0 Å². The number of hydrogen-bond donors (Lipinski definition) is 1. The van der Waals surface area contributed by atoms with Crippen molar-refractivity contribution in [2.45, 2.75) is 78.2 Å². The van der Waals surface area contributed by atoms with Crippen LogP contribution >= 0.6 is 0 Å². The molecule has 0 unspecified atom stereocenters. The fourth-order valence-corrected chi connectivity index (χ4v) is 8.25. The second-order valence-electron chi connectivity index (χ2n) is 10.9. The quantitative estimate of drug-likeness (QED) is 0.616. The second kappa shape index (κ2) is 6.46. The Labute approximate surface area is 165 Å². The smallest absolute Gasteiger partial charge is 0.0577 e. The molecule has 0 bridgehead atoms. The second-order valence-corrected chi connectivity index (χ2v) is 10.9. The van der Waals surface area contributed by atoms with E-state index in [4.69, 9.17) is 4.74 Å². The Morgan fingerprint density at radius 3 is 2.52 bits per heavy atom. The first-order valence-corrected chi connectivity index (χ1v) is 11.6. The van der Waals surface area contributed by atoms with Gasteiger partial charge in [0.2, 0.25) is 0 Å². The fourth-order valence-electron chi connectivity index (χ4n) is 8.25. The van der Waals surface area contributed by atoms with Crippen LogP contribution in [0.4, 0.5) is 0 Å². The molecule has 3 fully saturated rings. The van der Waals surface area contributed by atoms with Crippen molar-refractivity contribution in [3.05, 3.63) is 23.3 Å². The Kier molecular flexibility index (Phi) is 4.41. The lowest BCUT2D eigenvalue weighted by molar-refractivity contribution is -0.0519. The van der Waals surface area contributed by atoms with E-state index in [9.17, 15) is 5.11 Å². The van der Waals surface area contributed by atoms with Crippen molar-refractivity contribution >= 4 is 0 Å². The van der Waals surface area contributed by atoms with Crippen LogP contribution in [0.1, 0.15) is 72.1 Å². The highest BCUT2D eigenvalue weighted by Gasteiger charge is 2.58. The summed E-state index contributed by atoms with van der Waals surface area (Å²) in [6.45, 7) is 9.54. The normalized spacial score (nSPS) is 50.3. The number of rotatable bonds is 1. The maximum atomic E-state index is 10.3. The summed E-state index contributed by atoms with van der Waals surface area (Å²) >= 11 is 0. The van der Waals surface area contributed by atoms with Crippen LogP contribution < -0.4 is 0 Å². The molecule has 2 nitrogen and oxygen atoms in total. The molecule has 0 aromatic carbocycles. The molecule has 0 amide bonds. The molecule has 1 heterocycles. The summed E-state index contributed by atoms with van der Waals surface area (Å²) in [5.41, 5.74) is 4.17. The number of hydrogen-bond acceptors (Lipinski definition) is 2. The molecule has 0 spiro atoms. The van der Waals surface area contributed by atoms with Crippen molar-refractivity contribution in [2.24, 2.45) is 40.4 Å². The molecule has 1 aliphatic heterocycles. The predicted molar refractivity (Wildman–Crippen MR) is 109 cm³/mol. The van der Waals surface area contributed by atoms with Gasteiger partial charge in [-0.2, -0.15) is 0 Å². The van der Waals surface area contributed by atoms with E-state index in [1.165, 1.54) is 38.5 Å². The van der Waals surface area contributed by atoms with Gasteiger partial charge in [0, 0.05) is 13.2 Å². The van der Waals surface area contributed by atoms with Gasteiger partial charge in [-0.05, 0) is 91.8 Å². The lowest BCUT2D eigenvalue weighted by Gasteiger charge is -2.60. The largest absolute Gasteiger partial charge is 0.393 e. The topological polar surface area (TPSA) is 29.5 Å². The summed E-state index contributed by atoms with van der Waals surface area (Å²) < 4.78 is 5.66. The standard InChI is InChI=1S/C25H38O2/c1-16-14-18-15-19(26)6-10-24(18,2)22-7-11-25(3)20(4-5-21(25)23(16)22)17-8-12-27-13-9-17/h4,14,16-17,19,21-23,26H,5-13,15H2,1-3H3/t16-,19-,21-,22-,23-,24-,25+/m0/s1. The van der Waals surface area contributed by atoms with Gasteiger partial charge in [-0.15, -0.1) is 0 Å². The van der Waals surface area contributed by atoms with Gasteiger partial charge in [0.1, 0.15) is 0 Å². The molecule has 7 atom stereocenters. The van der Waals surface area contributed by atoms with Crippen LogP contribution in [0.2, 0.25) is 0 Å². The highest BCUT2D eigenvalue weighted by molar-refractivity contribution is 5.32. The van der Waals surface area contributed by atoms with Crippen molar-refractivity contribution in [3.63, 3.8) is 0 Å². The molecule has 0 aromatic rings. The minimum Gasteiger partial charge on any atom is -0.393 e. The van der Waals surface area contributed by atoms with Crippen LogP contribution in [0.3, 0.4) is 0 Å². The zero-order valence-electron chi connectivity index (χ0n) is 17.5. The van der Waals surface area contributed by atoms with Gasteiger partial charge in [-0.3, -0.25) is 0 Å². The van der Waals surface area contributed by atoms with Gasteiger partial charge in [0.25, 0.3) is 0 Å². The summed E-state index contributed by atoms with van der Waals surface area (Å²) in [4.78, 5) is 0. The average Bonchev–Trinajstić information content (AvgIpc) is 3.01. The maximum Gasteiger partial charge on any atom is 0.0577 e. The van der Waals surface area contributed by atoms with Crippen molar-refractivity contribution < 1.29 is 9.84 Å². The lowest BCUT2D eigenvalue weighted by Crippen LogP contribution is -2.52. The molecular formula is C25H38O2. The van der Waals surface area contributed by atoms with Crippen LogP contribution in [-0.4, -0.2) is 24.4 Å². The molecule has 0 aromatic heterocycles. The van der Waals surface area contributed by atoms with E-state index in [0.29, 0.717) is 16.7 Å². The molecule has 150 valence electrons. The zero-order chi connectivity index (χ0) is 18.8. The fraction of sp³-hybridized carbons (Fsp3) is 0.840. The lowest BCUT2D eigenvalue weighted by atomic mass is 9.45. The molecule has 2 saturated carbocycles. The minimum absolute atomic E-state index is 0.102. The number of allylic oxidation sites excluding steroid dienone is 3. The highest BCUT2D eigenvalue weighted by Crippen LogP contribution is 2.67. The Morgan fingerprint density at radius 1 is 1.00 bits per heavy atom. The Hall–Kier alpha value is -0.600. The summed E-state index contributed by atoms with van der Waals surface area (Å²) in [6.07, 6.45) is 14.8. The van der Waals surface area contributed by atoms with E-state index in [2.05, 4.69) is 32.9 Å². The summed E-state index contributed by atoms with van der Waals surface area (Å²) in [7, 11) is 0. The number of fused-ring (bicyclic) bond motifs is 5. The Morgan fingerprint density at radius 2 is 1.74 bits per heavy atom. The first kappa shape index (κ1) is 18.4. The molecule has 1 N–H and O–H groups in total. The van der Waals surface area contributed by atoms with E-state index < -0.39 is 0 Å². The highest BCUT2D eigenvalue weighted by atomic mass is 16.5. The predicted octanol–water partition coefficient (Wildman–Crippen LogP) is 5.52. The summed E-state index contributed by atoms with van der Waals surface area (Å²) in [5.74, 6) is 3.90. The van der Waals surface area contributed by atoms with Gasteiger partial charge in [-0.25, -0.2) is 0 Å². The van der Waals surface area contributed by atoms with Crippen molar-refractivity contribution in [1.29, 1.82) is 0 Å². The van der Waals surface area contributed by atoms with Crippen molar-refractivity contribution in [2.75, 3.05) is 13.2 Å². The van der Waals surface area contributed by atoms with Crippen molar-refractivity contribution in [3.8, 4) is 0 Å². The summed E-state index contributed by atoms with van der Waals surface area (Å²) in [6, 6.07) is 0. The third-order valence-corrected chi connectivity index (χ3v) is 9.71. The molecule has 27 heavy (non-hydrogen) atoms. The molecule has 0 radical (unpaired) electrons. The molecule has 2 heteroatoms. The van der Waals surface area contributed by atoms with E-state index in [0.717, 1.165) is 49.7 Å². The number of aliphatic hydroxyl groups excluding tert-OH is 1. The Balaban J connectivity index is 1.46. The molecule has 5 aliphatic rings. The van der Waals surface area contributed by atoms with Gasteiger partial charge in [0.05, 0.1) is 6.10 Å². The van der Waals surface area contributed by atoms with E-state index in [-0.39, 0.29) is 6.10 Å². The van der Waals surface area contributed by atoms with Gasteiger partial charge in [0.15, 0.2) is 0 Å². The SMILES string of the molecule is C[C@H]1C=C2C[C@@H](O)CC[C@]2(C)[C@H]2CC[C@]3(C)C(C4CCOCC4)=CC[C@H]3[C@H]12. The monoisotopic (exact) mass is 370 g/mol. The Bertz CT molecular complexity index is 657. The van der Waals surface area contributed by atoms with Crippen LogP contribution in [0, 0.1) is 40.4 Å². The van der Waals surface area contributed by atoms with Gasteiger partial charge < -0.3 is 9.84 Å². The zero-order valence-corrected chi connectivity index (χ0v) is 17.5. The van der Waals surface area contributed by atoms with Crippen LogP contribution in [0.15, 0.2) is 23.3 Å². The van der Waals surface area contributed by atoms with Gasteiger partial charge >= 0.3 is 0 Å². The summed E-state index contributed by atoms with van der Waals surface area (Å²) in [5, 5.41) is 10.3. The first-order chi connectivity index (χ1) is 12.9. The molecule has 4 aliphatic carbocycles. The van der Waals surface area contributed by atoms with Gasteiger partial charge in [-0.1, -0.05) is 44.1 Å². The van der Waals surface area contributed by atoms with Crippen LogP contribution in [-0.2, 0) is 4.74 Å². The average molecular weight is 371 g/mol. The third kappa shape index (κ3) is 2.65. The third-order valence-electron chi connectivity index (χ3n) is 9.71. The van der Waals surface area contributed by atoms with Crippen molar-refractivity contribution in [1.82, 2.24) is 0 Å². The number of ether oxygens (including phenoxy) is 1. The molecule has 5 rings (SSSR count). The molecular weight excluding hydrogens is 332 g/mol.